The summed E-state index contributed by atoms with van der Waals surface area (Å²) in [5, 5.41) is 8.24. The van der Waals surface area contributed by atoms with Crippen LogP contribution in [0.15, 0.2) is 0 Å². The highest BCUT2D eigenvalue weighted by atomic mass is 16.5. The number of ether oxygens (including phenoxy) is 1. The Balaban J connectivity index is 2.23. The van der Waals surface area contributed by atoms with Crippen molar-refractivity contribution in [2.45, 2.75) is 58.7 Å². The number of methoxy groups -OCH3 is 1. The second-order valence-corrected chi connectivity index (χ2v) is 7.03. The molecule has 0 amide bonds. The second-order valence-electron chi connectivity index (χ2n) is 7.03. The molecule has 1 saturated carbocycles. The Morgan fingerprint density at radius 2 is 2.05 bits per heavy atom. The molecule has 120 valence electrons. The molecule has 1 aliphatic carbocycles. The third kappa shape index (κ3) is 4.20. The normalized spacial score (nSPS) is 15.5. The molecule has 0 spiro atoms. The van der Waals surface area contributed by atoms with Gasteiger partial charge in [0.1, 0.15) is 5.82 Å². The Labute approximate surface area is 128 Å². The summed E-state index contributed by atoms with van der Waals surface area (Å²) in [5.74, 6) is 1.25. The molecular weight excluding hydrogens is 264 g/mol. The summed E-state index contributed by atoms with van der Waals surface area (Å²) in [6.45, 7) is 11.2. The van der Waals surface area contributed by atoms with Gasteiger partial charge in [0, 0.05) is 44.4 Å². The smallest absolute Gasteiger partial charge is 0.131 e. The van der Waals surface area contributed by atoms with E-state index in [0.29, 0.717) is 6.04 Å². The largest absolute Gasteiger partial charge is 0.383 e. The first-order valence-corrected chi connectivity index (χ1v) is 7.86. The van der Waals surface area contributed by atoms with Gasteiger partial charge in [-0.3, -0.25) is 4.68 Å². The molecule has 1 heterocycles. The fourth-order valence-electron chi connectivity index (χ4n) is 2.65. The van der Waals surface area contributed by atoms with Gasteiger partial charge in [-0.1, -0.05) is 0 Å². The van der Waals surface area contributed by atoms with Crippen molar-refractivity contribution >= 4 is 5.82 Å². The number of aromatic nitrogens is 2. The second kappa shape index (κ2) is 6.36. The molecule has 1 aliphatic rings. The van der Waals surface area contributed by atoms with Crippen molar-refractivity contribution in [3.05, 3.63) is 11.3 Å². The van der Waals surface area contributed by atoms with E-state index in [4.69, 9.17) is 4.74 Å². The van der Waals surface area contributed by atoms with Crippen LogP contribution >= 0.6 is 0 Å². The van der Waals surface area contributed by atoms with Crippen LogP contribution in [0.1, 0.15) is 44.9 Å². The average molecular weight is 294 g/mol. The van der Waals surface area contributed by atoms with Crippen LogP contribution in [0.5, 0.6) is 0 Å². The summed E-state index contributed by atoms with van der Waals surface area (Å²) in [5.41, 5.74) is 2.54. The minimum atomic E-state index is 0.108. The molecular formula is C16H30N4O. The van der Waals surface area contributed by atoms with Crippen LogP contribution in [-0.2, 0) is 18.3 Å². The highest BCUT2D eigenvalue weighted by Gasteiger charge is 2.33. The number of aryl methyl sites for hydroxylation is 2. The molecule has 0 unspecified atom stereocenters. The Morgan fingerprint density at radius 3 is 2.57 bits per heavy atom. The predicted molar refractivity (Wildman–Crippen MR) is 86.8 cm³/mol. The third-order valence-corrected chi connectivity index (χ3v) is 3.90. The van der Waals surface area contributed by atoms with E-state index < -0.39 is 0 Å². The molecule has 1 aromatic rings. The lowest BCUT2D eigenvalue weighted by Crippen LogP contribution is -2.37. The van der Waals surface area contributed by atoms with Crippen molar-refractivity contribution in [3.63, 3.8) is 0 Å². The molecule has 0 saturated heterocycles. The van der Waals surface area contributed by atoms with Gasteiger partial charge in [-0.2, -0.15) is 5.10 Å². The maximum Gasteiger partial charge on any atom is 0.131 e. The fourth-order valence-corrected chi connectivity index (χ4v) is 2.65. The monoisotopic (exact) mass is 294 g/mol. The van der Waals surface area contributed by atoms with E-state index >= 15 is 0 Å². The topological polar surface area (TPSA) is 42.3 Å². The van der Waals surface area contributed by atoms with Gasteiger partial charge in [0.2, 0.25) is 0 Å². The lowest BCUT2D eigenvalue weighted by Gasteiger charge is -2.27. The molecule has 5 heteroatoms. The molecule has 2 rings (SSSR count). The first kappa shape index (κ1) is 16.3. The van der Waals surface area contributed by atoms with Gasteiger partial charge in [-0.25, -0.2) is 0 Å². The van der Waals surface area contributed by atoms with Crippen LogP contribution in [0.25, 0.3) is 0 Å². The van der Waals surface area contributed by atoms with E-state index in [1.165, 1.54) is 24.2 Å². The van der Waals surface area contributed by atoms with Gasteiger partial charge < -0.3 is 15.0 Å². The van der Waals surface area contributed by atoms with Crippen molar-refractivity contribution in [1.82, 2.24) is 15.1 Å². The average Bonchev–Trinajstić information content (AvgIpc) is 3.15. The van der Waals surface area contributed by atoms with E-state index in [1.807, 2.05) is 11.7 Å². The fraction of sp³-hybridized carbons (Fsp3) is 0.812. The quantitative estimate of drug-likeness (QED) is 0.837. The molecule has 1 aromatic heterocycles. The molecule has 0 atom stereocenters. The third-order valence-electron chi connectivity index (χ3n) is 3.90. The van der Waals surface area contributed by atoms with Crippen LogP contribution in [0.3, 0.4) is 0 Å². The maximum absolute atomic E-state index is 5.29. The Kier molecular flexibility index (Phi) is 4.94. The van der Waals surface area contributed by atoms with Gasteiger partial charge in [-0.05, 0) is 40.5 Å². The first-order chi connectivity index (χ1) is 9.83. The van der Waals surface area contributed by atoms with Crippen LogP contribution in [0.4, 0.5) is 5.82 Å². The van der Waals surface area contributed by atoms with E-state index in [0.717, 1.165) is 25.4 Å². The zero-order chi connectivity index (χ0) is 15.6. The van der Waals surface area contributed by atoms with Gasteiger partial charge in [0.05, 0.1) is 12.3 Å². The van der Waals surface area contributed by atoms with Crippen molar-refractivity contribution in [1.29, 1.82) is 0 Å². The van der Waals surface area contributed by atoms with Crippen LogP contribution in [0.2, 0.25) is 0 Å². The van der Waals surface area contributed by atoms with Crippen molar-refractivity contribution in [2.24, 2.45) is 7.05 Å². The molecule has 0 aliphatic heterocycles. The summed E-state index contributed by atoms with van der Waals surface area (Å²) in [4.78, 5) is 2.48. The van der Waals surface area contributed by atoms with Gasteiger partial charge in [0.25, 0.3) is 0 Å². The number of nitrogens with zero attached hydrogens (tertiary/aromatic N) is 3. The molecule has 0 radical (unpaired) electrons. The molecule has 1 N–H and O–H groups in total. The highest BCUT2D eigenvalue weighted by Crippen LogP contribution is 2.34. The summed E-state index contributed by atoms with van der Waals surface area (Å²) in [6, 6.07) is 0.656. The van der Waals surface area contributed by atoms with Crippen LogP contribution in [0, 0.1) is 6.92 Å². The summed E-state index contributed by atoms with van der Waals surface area (Å²) >= 11 is 0. The van der Waals surface area contributed by atoms with Crippen molar-refractivity contribution < 1.29 is 4.74 Å². The van der Waals surface area contributed by atoms with Crippen LogP contribution in [-0.4, -0.2) is 41.6 Å². The summed E-state index contributed by atoms with van der Waals surface area (Å²) in [6.07, 6.45) is 2.56. The SMILES string of the molecule is COCCN(c1c(CNC(C)(C)C)c(C)nn1C)C1CC1. The van der Waals surface area contributed by atoms with Gasteiger partial charge in [0.15, 0.2) is 0 Å². The van der Waals surface area contributed by atoms with E-state index in [9.17, 15) is 0 Å². The van der Waals surface area contributed by atoms with Crippen molar-refractivity contribution in [2.75, 3.05) is 25.2 Å². The molecule has 0 bridgehead atoms. The summed E-state index contributed by atoms with van der Waals surface area (Å²) < 4.78 is 7.32. The number of anilines is 1. The van der Waals surface area contributed by atoms with E-state index in [2.05, 4.69) is 43.0 Å². The molecule has 21 heavy (non-hydrogen) atoms. The zero-order valence-corrected chi connectivity index (χ0v) is 14.4. The number of nitrogens with one attached hydrogen (secondary N) is 1. The minimum absolute atomic E-state index is 0.108. The summed E-state index contributed by atoms with van der Waals surface area (Å²) in [7, 11) is 3.81. The van der Waals surface area contributed by atoms with E-state index in [-0.39, 0.29) is 5.54 Å². The highest BCUT2D eigenvalue weighted by molar-refractivity contribution is 5.52. The Bertz CT molecular complexity index is 471. The predicted octanol–water partition coefficient (Wildman–Crippen LogP) is 2.23. The number of hydrogen-bond acceptors (Lipinski definition) is 4. The lowest BCUT2D eigenvalue weighted by molar-refractivity contribution is 0.204. The Morgan fingerprint density at radius 1 is 1.38 bits per heavy atom. The zero-order valence-electron chi connectivity index (χ0n) is 14.4. The standard InChI is InChI=1S/C16H30N4O/c1-12-14(11-17-16(2,3)4)15(19(5)18-12)20(9-10-21-6)13-7-8-13/h13,17H,7-11H2,1-6H3. The van der Waals surface area contributed by atoms with E-state index in [1.54, 1.807) is 7.11 Å². The first-order valence-electron chi connectivity index (χ1n) is 7.86. The minimum Gasteiger partial charge on any atom is -0.383 e. The van der Waals surface area contributed by atoms with Crippen molar-refractivity contribution in [3.8, 4) is 0 Å². The maximum atomic E-state index is 5.29. The lowest BCUT2D eigenvalue weighted by atomic mass is 10.1. The Hall–Kier alpha value is -1.07. The van der Waals surface area contributed by atoms with Crippen LogP contribution < -0.4 is 10.2 Å². The molecule has 1 fully saturated rings. The number of hydrogen-bond donors (Lipinski definition) is 1. The van der Waals surface area contributed by atoms with Gasteiger partial charge in [-0.15, -0.1) is 0 Å². The van der Waals surface area contributed by atoms with Gasteiger partial charge >= 0.3 is 0 Å². The molecule has 0 aromatic carbocycles. The molecule has 5 nitrogen and oxygen atoms in total. The number of rotatable bonds is 7.